The molecule has 0 aliphatic rings. The van der Waals surface area contributed by atoms with Crippen LogP contribution in [0.5, 0.6) is 0 Å². The number of hydrogen-bond donors (Lipinski definition) is 2. The van der Waals surface area contributed by atoms with Gasteiger partial charge in [0.15, 0.2) is 0 Å². The van der Waals surface area contributed by atoms with E-state index in [0.717, 1.165) is 11.1 Å². The minimum atomic E-state index is -0.0513. The van der Waals surface area contributed by atoms with E-state index in [1.165, 1.54) is 11.1 Å². The second-order valence-electron chi connectivity index (χ2n) is 4.17. The van der Waals surface area contributed by atoms with Crippen LogP contribution in [0.15, 0.2) is 58.7 Å². The minimum absolute atomic E-state index is 0.0513. The highest BCUT2D eigenvalue weighted by Gasteiger charge is 2.04. The summed E-state index contributed by atoms with van der Waals surface area (Å²) < 4.78 is 0. The zero-order chi connectivity index (χ0) is 13.7. The van der Waals surface area contributed by atoms with Gasteiger partial charge in [-0.1, -0.05) is 48.5 Å². The Balaban J connectivity index is 2.45. The van der Waals surface area contributed by atoms with Crippen LogP contribution in [0.25, 0.3) is 11.1 Å². The van der Waals surface area contributed by atoms with Crippen molar-refractivity contribution in [1.82, 2.24) is 0 Å². The van der Waals surface area contributed by atoms with Crippen molar-refractivity contribution in [1.29, 1.82) is 0 Å². The summed E-state index contributed by atoms with van der Waals surface area (Å²) in [5, 5.41) is 7.49. The maximum atomic E-state index is 5.24. The molecule has 0 saturated heterocycles. The largest absolute Gasteiger partial charge is 0.369 e. The second-order valence-corrected chi connectivity index (χ2v) is 4.17. The van der Waals surface area contributed by atoms with Crippen LogP contribution in [0.4, 0.5) is 0 Å². The molecule has 0 radical (unpaired) electrons. The number of aryl methyl sites for hydroxylation is 1. The summed E-state index contributed by atoms with van der Waals surface area (Å²) >= 11 is 0. The Morgan fingerprint density at radius 1 is 0.947 bits per heavy atom. The number of guanidine groups is 1. The van der Waals surface area contributed by atoms with E-state index in [0.29, 0.717) is 0 Å². The van der Waals surface area contributed by atoms with E-state index >= 15 is 0 Å². The molecule has 2 aromatic rings. The first-order valence-electron chi connectivity index (χ1n) is 5.95. The van der Waals surface area contributed by atoms with Crippen molar-refractivity contribution >= 4 is 12.2 Å². The van der Waals surface area contributed by atoms with Gasteiger partial charge in [-0.3, -0.25) is 0 Å². The average Bonchev–Trinajstić information content (AvgIpc) is 2.40. The number of nitrogens with two attached hydrogens (primary N) is 2. The fraction of sp³-hybridized carbons (Fsp3) is 0.0667. The Morgan fingerprint density at radius 2 is 1.58 bits per heavy atom. The predicted molar refractivity (Wildman–Crippen MR) is 80.0 cm³/mol. The van der Waals surface area contributed by atoms with E-state index in [1.54, 1.807) is 6.21 Å². The third-order valence-electron chi connectivity index (χ3n) is 2.77. The molecule has 2 aromatic carbocycles. The number of nitrogens with zero attached hydrogens (tertiary/aromatic N) is 2. The Labute approximate surface area is 112 Å². The van der Waals surface area contributed by atoms with Gasteiger partial charge in [-0.25, -0.2) is 0 Å². The SMILES string of the molecule is Cc1ccccc1-c1ccccc1C=NN=C(N)N. The van der Waals surface area contributed by atoms with Crippen molar-refractivity contribution in [3.8, 4) is 11.1 Å². The molecular weight excluding hydrogens is 236 g/mol. The van der Waals surface area contributed by atoms with Crippen LogP contribution in [-0.2, 0) is 0 Å². The summed E-state index contributed by atoms with van der Waals surface area (Å²) in [5.74, 6) is -0.0513. The Morgan fingerprint density at radius 3 is 2.26 bits per heavy atom. The van der Waals surface area contributed by atoms with Gasteiger partial charge in [0, 0.05) is 5.56 Å². The molecule has 0 spiro atoms. The van der Waals surface area contributed by atoms with Crippen LogP contribution < -0.4 is 11.5 Å². The zero-order valence-corrected chi connectivity index (χ0v) is 10.7. The van der Waals surface area contributed by atoms with Crippen LogP contribution in [0.1, 0.15) is 11.1 Å². The summed E-state index contributed by atoms with van der Waals surface area (Å²) in [7, 11) is 0. The average molecular weight is 252 g/mol. The third-order valence-corrected chi connectivity index (χ3v) is 2.77. The van der Waals surface area contributed by atoms with Crippen molar-refractivity contribution in [2.45, 2.75) is 6.92 Å². The summed E-state index contributed by atoms with van der Waals surface area (Å²) in [4.78, 5) is 0. The molecule has 4 heteroatoms. The molecule has 0 aliphatic carbocycles. The van der Waals surface area contributed by atoms with Gasteiger partial charge in [-0.2, -0.15) is 5.10 Å². The highest BCUT2D eigenvalue weighted by atomic mass is 15.3. The van der Waals surface area contributed by atoms with Crippen molar-refractivity contribution in [2.75, 3.05) is 0 Å². The van der Waals surface area contributed by atoms with Crippen LogP contribution in [0.3, 0.4) is 0 Å². The van der Waals surface area contributed by atoms with Gasteiger partial charge >= 0.3 is 0 Å². The lowest BCUT2D eigenvalue weighted by molar-refractivity contribution is 1.21. The summed E-state index contributed by atoms with van der Waals surface area (Å²) in [6.07, 6.45) is 1.65. The molecule has 2 rings (SSSR count). The van der Waals surface area contributed by atoms with Gasteiger partial charge in [0.2, 0.25) is 5.96 Å². The number of rotatable bonds is 3. The summed E-state index contributed by atoms with van der Waals surface area (Å²) in [6, 6.07) is 16.2. The molecule has 0 unspecified atom stereocenters. The predicted octanol–water partition coefficient (Wildman–Crippen LogP) is 2.27. The summed E-state index contributed by atoms with van der Waals surface area (Å²) in [5.41, 5.74) is 15.0. The fourth-order valence-electron chi connectivity index (χ4n) is 1.89. The molecule has 0 bridgehead atoms. The molecule has 0 aromatic heterocycles. The van der Waals surface area contributed by atoms with E-state index in [2.05, 4.69) is 35.3 Å². The molecule has 0 saturated carbocycles. The Kier molecular flexibility index (Phi) is 3.93. The van der Waals surface area contributed by atoms with E-state index in [9.17, 15) is 0 Å². The third kappa shape index (κ3) is 3.19. The number of hydrogen-bond acceptors (Lipinski definition) is 2. The molecule has 4 nitrogen and oxygen atoms in total. The summed E-state index contributed by atoms with van der Waals surface area (Å²) in [6.45, 7) is 2.08. The first kappa shape index (κ1) is 12.8. The van der Waals surface area contributed by atoms with E-state index in [-0.39, 0.29) is 5.96 Å². The smallest absolute Gasteiger partial charge is 0.211 e. The lowest BCUT2D eigenvalue weighted by atomic mass is 9.97. The molecule has 0 aliphatic heterocycles. The first-order chi connectivity index (χ1) is 9.18. The normalized spacial score (nSPS) is 10.6. The molecule has 4 N–H and O–H groups in total. The quantitative estimate of drug-likeness (QED) is 0.499. The van der Waals surface area contributed by atoms with Gasteiger partial charge in [-0.15, -0.1) is 5.10 Å². The van der Waals surface area contributed by atoms with Crippen molar-refractivity contribution in [3.63, 3.8) is 0 Å². The van der Waals surface area contributed by atoms with Crippen molar-refractivity contribution in [2.24, 2.45) is 21.7 Å². The first-order valence-corrected chi connectivity index (χ1v) is 5.95. The van der Waals surface area contributed by atoms with Crippen molar-refractivity contribution in [3.05, 3.63) is 59.7 Å². The van der Waals surface area contributed by atoms with E-state index in [1.807, 2.05) is 30.3 Å². The standard InChI is InChI=1S/C15H16N4/c1-11-6-2-4-8-13(11)14-9-5-3-7-12(14)10-18-19-15(16)17/h2-10H,1H3,(H4,16,17,19). The van der Waals surface area contributed by atoms with Gasteiger partial charge in [-0.05, 0) is 23.6 Å². The van der Waals surface area contributed by atoms with Crippen LogP contribution >= 0.6 is 0 Å². The lowest BCUT2D eigenvalue weighted by Crippen LogP contribution is -2.21. The van der Waals surface area contributed by atoms with Gasteiger partial charge in [0.1, 0.15) is 0 Å². The number of benzene rings is 2. The Hall–Kier alpha value is -2.62. The maximum Gasteiger partial charge on any atom is 0.211 e. The fourth-order valence-corrected chi connectivity index (χ4v) is 1.89. The molecule has 0 atom stereocenters. The van der Waals surface area contributed by atoms with Crippen LogP contribution in [0.2, 0.25) is 0 Å². The molecular formula is C15H16N4. The highest BCUT2D eigenvalue weighted by Crippen LogP contribution is 2.25. The minimum Gasteiger partial charge on any atom is -0.369 e. The maximum absolute atomic E-state index is 5.24. The topological polar surface area (TPSA) is 76.8 Å². The molecule has 96 valence electrons. The Bertz CT molecular complexity index is 626. The van der Waals surface area contributed by atoms with Gasteiger partial charge in [0.05, 0.1) is 6.21 Å². The van der Waals surface area contributed by atoms with Gasteiger partial charge in [0.25, 0.3) is 0 Å². The van der Waals surface area contributed by atoms with Crippen LogP contribution in [0, 0.1) is 6.92 Å². The van der Waals surface area contributed by atoms with Crippen molar-refractivity contribution < 1.29 is 0 Å². The molecule has 0 heterocycles. The van der Waals surface area contributed by atoms with E-state index < -0.39 is 0 Å². The monoisotopic (exact) mass is 252 g/mol. The van der Waals surface area contributed by atoms with E-state index in [4.69, 9.17) is 11.5 Å². The van der Waals surface area contributed by atoms with Crippen LogP contribution in [-0.4, -0.2) is 12.2 Å². The molecule has 19 heavy (non-hydrogen) atoms. The molecule has 0 amide bonds. The zero-order valence-electron chi connectivity index (χ0n) is 10.7. The second kappa shape index (κ2) is 5.82. The lowest BCUT2D eigenvalue weighted by Gasteiger charge is -2.08. The van der Waals surface area contributed by atoms with Gasteiger partial charge < -0.3 is 11.5 Å². The highest BCUT2D eigenvalue weighted by molar-refractivity contribution is 5.91. The molecule has 0 fully saturated rings.